The van der Waals surface area contributed by atoms with E-state index < -0.39 is 4.92 Å². The van der Waals surface area contributed by atoms with E-state index >= 15 is 0 Å². The van der Waals surface area contributed by atoms with E-state index in [0.29, 0.717) is 16.9 Å². The van der Waals surface area contributed by atoms with Crippen LogP contribution < -0.4 is 4.74 Å². The Labute approximate surface area is 116 Å². The summed E-state index contributed by atoms with van der Waals surface area (Å²) < 4.78 is 5.04. The highest BCUT2D eigenvalue weighted by molar-refractivity contribution is 5.97. The van der Waals surface area contributed by atoms with Crippen molar-refractivity contribution < 1.29 is 14.5 Å². The number of carbonyl (C=O) groups is 1. The van der Waals surface area contributed by atoms with Crippen molar-refractivity contribution in [1.82, 2.24) is 0 Å². The topological polar surface area (TPSA) is 69.4 Å². The zero-order chi connectivity index (χ0) is 14.5. The zero-order valence-corrected chi connectivity index (χ0v) is 10.9. The number of nitro groups is 1. The molecule has 0 spiro atoms. The van der Waals surface area contributed by atoms with Gasteiger partial charge in [-0.25, -0.2) is 0 Å². The first kappa shape index (κ1) is 13.7. The Morgan fingerprint density at radius 3 is 2.50 bits per heavy atom. The van der Waals surface area contributed by atoms with Crippen LogP contribution in [0.1, 0.15) is 15.9 Å². The Kier molecular flexibility index (Phi) is 4.10. The van der Waals surface area contributed by atoms with E-state index in [2.05, 4.69) is 0 Å². The van der Waals surface area contributed by atoms with E-state index in [1.54, 1.807) is 24.3 Å². The fraction of sp³-hybridized carbons (Fsp3) is 0.133. The van der Waals surface area contributed by atoms with Gasteiger partial charge in [0.05, 0.1) is 12.0 Å². The lowest BCUT2D eigenvalue weighted by atomic mass is 10.0. The van der Waals surface area contributed by atoms with Gasteiger partial charge in [-0.3, -0.25) is 14.9 Å². The van der Waals surface area contributed by atoms with Crippen LogP contribution in [0.2, 0.25) is 0 Å². The number of ketones is 1. The van der Waals surface area contributed by atoms with Crippen LogP contribution in [-0.4, -0.2) is 17.8 Å². The minimum absolute atomic E-state index is 0.0302. The van der Waals surface area contributed by atoms with Gasteiger partial charge in [0.15, 0.2) is 5.78 Å². The van der Waals surface area contributed by atoms with Gasteiger partial charge in [-0.05, 0) is 12.1 Å². The molecule has 0 aliphatic heterocycles. The number of methoxy groups -OCH3 is 1. The molecule has 20 heavy (non-hydrogen) atoms. The van der Waals surface area contributed by atoms with Gasteiger partial charge in [0.1, 0.15) is 5.75 Å². The predicted molar refractivity (Wildman–Crippen MR) is 74.1 cm³/mol. The first-order chi connectivity index (χ1) is 9.61. The second kappa shape index (κ2) is 5.97. The standard InChI is InChI=1S/C15H13NO4/c1-20-13-7-8-14(16(18)19)12(9-13)10-15(17)11-5-3-2-4-6-11/h2-9H,10H2,1H3. The number of nitrogens with zero attached hydrogens (tertiary/aromatic N) is 1. The average Bonchev–Trinajstić information content (AvgIpc) is 2.47. The zero-order valence-electron chi connectivity index (χ0n) is 10.9. The molecule has 5 nitrogen and oxygen atoms in total. The maximum Gasteiger partial charge on any atom is 0.273 e. The summed E-state index contributed by atoms with van der Waals surface area (Å²) >= 11 is 0. The Morgan fingerprint density at radius 2 is 1.90 bits per heavy atom. The summed E-state index contributed by atoms with van der Waals surface area (Å²) in [6.07, 6.45) is -0.0302. The molecule has 0 N–H and O–H groups in total. The van der Waals surface area contributed by atoms with E-state index in [-0.39, 0.29) is 17.9 Å². The highest BCUT2D eigenvalue weighted by Gasteiger charge is 2.18. The van der Waals surface area contributed by atoms with E-state index in [4.69, 9.17) is 4.74 Å². The van der Waals surface area contributed by atoms with Crippen LogP contribution in [0.3, 0.4) is 0 Å². The third kappa shape index (κ3) is 3.00. The van der Waals surface area contributed by atoms with E-state index in [1.165, 1.54) is 25.3 Å². The molecule has 2 aromatic rings. The molecule has 0 heterocycles. The minimum Gasteiger partial charge on any atom is -0.497 e. The normalized spacial score (nSPS) is 10.1. The Morgan fingerprint density at radius 1 is 1.20 bits per heavy atom. The molecular weight excluding hydrogens is 258 g/mol. The quantitative estimate of drug-likeness (QED) is 0.476. The molecule has 0 saturated carbocycles. The van der Waals surface area contributed by atoms with Crippen molar-refractivity contribution in [2.45, 2.75) is 6.42 Å². The minimum atomic E-state index is -0.493. The molecular formula is C15H13NO4. The van der Waals surface area contributed by atoms with Crippen LogP contribution in [0.25, 0.3) is 0 Å². The lowest BCUT2D eigenvalue weighted by molar-refractivity contribution is -0.385. The van der Waals surface area contributed by atoms with Crippen LogP contribution in [0.4, 0.5) is 5.69 Å². The molecule has 102 valence electrons. The third-order valence-electron chi connectivity index (χ3n) is 2.93. The maximum atomic E-state index is 12.1. The van der Waals surface area contributed by atoms with Crippen molar-refractivity contribution in [2.75, 3.05) is 7.11 Å². The SMILES string of the molecule is COc1ccc([N+](=O)[O-])c(CC(=O)c2ccccc2)c1. The molecule has 0 saturated heterocycles. The lowest BCUT2D eigenvalue weighted by Gasteiger charge is -2.05. The van der Waals surface area contributed by atoms with Gasteiger partial charge < -0.3 is 4.74 Å². The fourth-order valence-corrected chi connectivity index (χ4v) is 1.91. The summed E-state index contributed by atoms with van der Waals surface area (Å²) in [6.45, 7) is 0. The molecule has 0 amide bonds. The number of hydrogen-bond donors (Lipinski definition) is 0. The first-order valence-electron chi connectivity index (χ1n) is 6.01. The van der Waals surface area contributed by atoms with Crippen molar-refractivity contribution >= 4 is 11.5 Å². The molecule has 0 radical (unpaired) electrons. The van der Waals surface area contributed by atoms with E-state index in [9.17, 15) is 14.9 Å². The largest absolute Gasteiger partial charge is 0.497 e. The van der Waals surface area contributed by atoms with Gasteiger partial charge in [-0.15, -0.1) is 0 Å². The Bertz CT molecular complexity index is 638. The van der Waals surface area contributed by atoms with Gasteiger partial charge in [0.2, 0.25) is 0 Å². The molecule has 2 aromatic carbocycles. The van der Waals surface area contributed by atoms with Gasteiger partial charge in [0, 0.05) is 23.6 Å². The highest BCUT2D eigenvalue weighted by Crippen LogP contribution is 2.25. The van der Waals surface area contributed by atoms with Crippen molar-refractivity contribution in [3.05, 3.63) is 69.8 Å². The van der Waals surface area contributed by atoms with Crippen LogP contribution in [0.15, 0.2) is 48.5 Å². The summed E-state index contributed by atoms with van der Waals surface area (Å²) in [7, 11) is 1.48. The lowest BCUT2D eigenvalue weighted by Crippen LogP contribution is -2.06. The maximum absolute atomic E-state index is 12.1. The summed E-state index contributed by atoms with van der Waals surface area (Å²) in [4.78, 5) is 22.6. The predicted octanol–water partition coefficient (Wildman–Crippen LogP) is 3.03. The second-order valence-electron chi connectivity index (χ2n) is 4.22. The number of ether oxygens (including phenoxy) is 1. The molecule has 0 aliphatic carbocycles. The molecule has 0 aromatic heterocycles. The van der Waals surface area contributed by atoms with Crippen molar-refractivity contribution in [3.8, 4) is 5.75 Å². The number of carbonyl (C=O) groups excluding carboxylic acids is 1. The fourth-order valence-electron chi connectivity index (χ4n) is 1.91. The summed E-state index contributed by atoms with van der Waals surface area (Å²) in [6, 6.07) is 13.1. The summed E-state index contributed by atoms with van der Waals surface area (Å²) in [5, 5.41) is 11.0. The molecule has 0 bridgehead atoms. The molecule has 0 unspecified atom stereocenters. The van der Waals surface area contributed by atoms with Gasteiger partial charge in [-0.2, -0.15) is 0 Å². The summed E-state index contributed by atoms with van der Waals surface area (Å²) in [5.74, 6) is 0.327. The van der Waals surface area contributed by atoms with Gasteiger partial charge in [-0.1, -0.05) is 30.3 Å². The van der Waals surface area contributed by atoms with Crippen molar-refractivity contribution in [1.29, 1.82) is 0 Å². The number of Topliss-reactive ketones (excluding diaryl/α,β-unsaturated/α-hetero) is 1. The monoisotopic (exact) mass is 271 g/mol. The number of hydrogen-bond acceptors (Lipinski definition) is 4. The number of rotatable bonds is 5. The molecule has 2 rings (SSSR count). The second-order valence-corrected chi connectivity index (χ2v) is 4.22. The van der Waals surface area contributed by atoms with Gasteiger partial charge >= 0.3 is 0 Å². The smallest absolute Gasteiger partial charge is 0.273 e. The van der Waals surface area contributed by atoms with Crippen LogP contribution in [-0.2, 0) is 6.42 Å². The van der Waals surface area contributed by atoms with E-state index in [0.717, 1.165) is 0 Å². The first-order valence-corrected chi connectivity index (χ1v) is 6.01. The van der Waals surface area contributed by atoms with Crippen LogP contribution in [0.5, 0.6) is 5.75 Å². The number of benzene rings is 2. The van der Waals surface area contributed by atoms with Crippen molar-refractivity contribution in [3.63, 3.8) is 0 Å². The highest BCUT2D eigenvalue weighted by atomic mass is 16.6. The Hall–Kier alpha value is -2.69. The van der Waals surface area contributed by atoms with E-state index in [1.807, 2.05) is 6.07 Å². The number of nitro benzene ring substituents is 1. The van der Waals surface area contributed by atoms with Crippen LogP contribution in [0, 0.1) is 10.1 Å². The molecule has 0 fully saturated rings. The average molecular weight is 271 g/mol. The molecule has 0 atom stereocenters. The van der Waals surface area contributed by atoms with Crippen molar-refractivity contribution in [2.24, 2.45) is 0 Å². The molecule has 5 heteroatoms. The van der Waals surface area contributed by atoms with Crippen LogP contribution >= 0.6 is 0 Å². The Balaban J connectivity index is 2.32. The van der Waals surface area contributed by atoms with Gasteiger partial charge in [0.25, 0.3) is 5.69 Å². The molecule has 0 aliphatic rings. The third-order valence-corrected chi connectivity index (χ3v) is 2.93. The summed E-state index contributed by atoms with van der Waals surface area (Å²) in [5.41, 5.74) is 0.808.